The van der Waals surface area contributed by atoms with E-state index < -0.39 is 6.10 Å². The van der Waals surface area contributed by atoms with E-state index >= 15 is 0 Å². The van der Waals surface area contributed by atoms with E-state index in [2.05, 4.69) is 6.58 Å². The van der Waals surface area contributed by atoms with E-state index in [1.165, 1.54) is 0 Å². The minimum atomic E-state index is -0.541. The second-order valence-electron chi connectivity index (χ2n) is 6.07. The van der Waals surface area contributed by atoms with E-state index in [-0.39, 0.29) is 11.6 Å². The van der Waals surface area contributed by atoms with Crippen molar-refractivity contribution in [1.29, 1.82) is 0 Å². The van der Waals surface area contributed by atoms with Crippen LogP contribution in [-0.2, 0) is 4.74 Å². The third-order valence-electron chi connectivity index (χ3n) is 4.28. The Bertz CT molecular complexity index is 510. The maximum atomic E-state index is 12.2. The number of ether oxygens (including phenoxy) is 1. The maximum absolute atomic E-state index is 12.2. The van der Waals surface area contributed by atoms with Crippen molar-refractivity contribution in [2.24, 2.45) is 0 Å². The molecular weight excluding hydrogens is 264 g/mol. The lowest BCUT2D eigenvalue weighted by Gasteiger charge is -2.24. The predicted molar refractivity (Wildman–Crippen MR) is 84.1 cm³/mol. The number of aliphatic hydroxyl groups is 1. The normalized spacial score (nSPS) is 18.2. The van der Waals surface area contributed by atoms with Gasteiger partial charge in [0.25, 0.3) is 0 Å². The zero-order valence-electron chi connectivity index (χ0n) is 12.9. The summed E-state index contributed by atoms with van der Waals surface area (Å²) in [6, 6.07) is 7.11. The number of rotatable bonds is 5. The molecule has 1 saturated carbocycles. The molecule has 0 radical (unpaired) electrons. The van der Waals surface area contributed by atoms with Crippen molar-refractivity contribution in [3.63, 3.8) is 0 Å². The first kappa shape index (κ1) is 15.8. The molecule has 114 valence electrons. The van der Waals surface area contributed by atoms with Crippen molar-refractivity contribution in [2.75, 3.05) is 0 Å². The molecule has 0 heterocycles. The molecule has 3 heteroatoms. The van der Waals surface area contributed by atoms with Gasteiger partial charge in [0, 0.05) is 0 Å². The van der Waals surface area contributed by atoms with Crippen molar-refractivity contribution in [1.82, 2.24) is 0 Å². The maximum Gasteiger partial charge on any atom is 0.338 e. The van der Waals surface area contributed by atoms with Crippen LogP contribution in [0.5, 0.6) is 0 Å². The van der Waals surface area contributed by atoms with Crippen LogP contribution in [0, 0.1) is 0 Å². The lowest BCUT2D eigenvalue weighted by molar-refractivity contribution is -0.00608. The topological polar surface area (TPSA) is 46.5 Å². The van der Waals surface area contributed by atoms with E-state index in [0.29, 0.717) is 17.6 Å². The number of aliphatic hydroxyl groups excluding tert-OH is 1. The van der Waals surface area contributed by atoms with Gasteiger partial charge in [-0.05, 0) is 62.3 Å². The highest BCUT2D eigenvalue weighted by atomic mass is 16.6. The molecule has 0 aromatic heterocycles. The van der Waals surface area contributed by atoms with Crippen molar-refractivity contribution < 1.29 is 14.6 Å². The molecule has 0 amide bonds. The molecule has 1 aliphatic carbocycles. The van der Waals surface area contributed by atoms with Gasteiger partial charge in [-0.3, -0.25) is 0 Å². The Balaban J connectivity index is 2.04. The fraction of sp³-hybridized carbons (Fsp3) is 0.500. The Hall–Kier alpha value is -1.61. The molecule has 0 saturated heterocycles. The summed E-state index contributed by atoms with van der Waals surface area (Å²) < 4.78 is 5.64. The van der Waals surface area contributed by atoms with Gasteiger partial charge in [0.1, 0.15) is 5.60 Å². The molecule has 21 heavy (non-hydrogen) atoms. The van der Waals surface area contributed by atoms with Gasteiger partial charge in [-0.1, -0.05) is 25.6 Å². The van der Waals surface area contributed by atoms with Gasteiger partial charge in [-0.2, -0.15) is 0 Å². The third kappa shape index (κ3) is 3.73. The molecular formula is C18H24O3. The first-order valence-corrected chi connectivity index (χ1v) is 7.66. The monoisotopic (exact) mass is 288 g/mol. The highest BCUT2D eigenvalue weighted by Gasteiger charge is 2.32. The minimum Gasteiger partial charge on any atom is -0.456 e. The molecule has 1 aromatic carbocycles. The number of esters is 1. The van der Waals surface area contributed by atoms with Gasteiger partial charge in [-0.25, -0.2) is 4.79 Å². The average Bonchev–Trinajstić information content (AvgIpc) is 2.92. The summed E-state index contributed by atoms with van der Waals surface area (Å²) >= 11 is 0. The third-order valence-corrected chi connectivity index (χ3v) is 4.28. The van der Waals surface area contributed by atoms with Crippen LogP contribution in [0.2, 0.25) is 0 Å². The molecule has 1 fully saturated rings. The van der Waals surface area contributed by atoms with Crippen molar-refractivity contribution >= 4 is 11.5 Å². The summed E-state index contributed by atoms with van der Waals surface area (Å²) in [4.78, 5) is 12.2. The Morgan fingerprint density at radius 1 is 1.29 bits per heavy atom. The van der Waals surface area contributed by atoms with Crippen LogP contribution < -0.4 is 0 Å². The summed E-state index contributed by atoms with van der Waals surface area (Å²) in [5, 5.41) is 9.79. The number of carbonyl (C=O) groups is 1. The molecule has 1 atom stereocenters. The number of benzene rings is 1. The predicted octanol–water partition coefficient (Wildman–Crippen LogP) is 3.96. The van der Waals surface area contributed by atoms with E-state index in [1.807, 2.05) is 26.0 Å². The largest absolute Gasteiger partial charge is 0.456 e. The number of carbonyl (C=O) groups excluding carboxylic acids is 1. The molecule has 1 aromatic rings. The molecule has 1 unspecified atom stereocenters. The molecule has 0 spiro atoms. The van der Waals surface area contributed by atoms with Crippen molar-refractivity contribution in [2.45, 2.75) is 57.7 Å². The summed E-state index contributed by atoms with van der Waals surface area (Å²) in [5.41, 5.74) is 1.77. The highest BCUT2D eigenvalue weighted by Crippen LogP contribution is 2.33. The summed E-state index contributed by atoms with van der Waals surface area (Å²) in [7, 11) is 0. The molecule has 1 aliphatic rings. The lowest BCUT2D eigenvalue weighted by atomic mass is 9.99. The van der Waals surface area contributed by atoms with Crippen molar-refractivity contribution in [3.8, 4) is 0 Å². The van der Waals surface area contributed by atoms with E-state index in [1.54, 1.807) is 12.1 Å². The van der Waals surface area contributed by atoms with Gasteiger partial charge in [0.05, 0.1) is 11.7 Å². The Labute approximate surface area is 126 Å². The number of hydrogen-bond donors (Lipinski definition) is 1. The Morgan fingerprint density at radius 2 is 1.81 bits per heavy atom. The zero-order valence-corrected chi connectivity index (χ0v) is 12.9. The van der Waals surface area contributed by atoms with Crippen LogP contribution in [-0.4, -0.2) is 22.8 Å². The lowest BCUT2D eigenvalue weighted by Crippen LogP contribution is -2.28. The van der Waals surface area contributed by atoms with E-state index in [9.17, 15) is 9.90 Å². The van der Waals surface area contributed by atoms with Crippen molar-refractivity contribution in [3.05, 3.63) is 42.0 Å². The van der Waals surface area contributed by atoms with Gasteiger partial charge < -0.3 is 9.84 Å². The smallest absolute Gasteiger partial charge is 0.338 e. The van der Waals surface area contributed by atoms with Crippen LogP contribution in [0.1, 0.15) is 61.9 Å². The fourth-order valence-corrected chi connectivity index (χ4v) is 2.77. The van der Waals surface area contributed by atoms with Crippen LogP contribution >= 0.6 is 0 Å². The Morgan fingerprint density at radius 3 is 2.33 bits per heavy atom. The number of hydrogen-bond acceptors (Lipinski definition) is 3. The van der Waals surface area contributed by atoms with E-state index in [4.69, 9.17) is 4.74 Å². The highest BCUT2D eigenvalue weighted by molar-refractivity contribution is 5.90. The molecule has 1 N–H and O–H groups in total. The molecule has 2 rings (SSSR count). The second kappa shape index (κ2) is 6.44. The summed E-state index contributed by atoms with van der Waals surface area (Å²) in [6.07, 6.45) is 4.21. The van der Waals surface area contributed by atoms with Crippen LogP contribution in [0.15, 0.2) is 30.8 Å². The van der Waals surface area contributed by atoms with E-state index in [0.717, 1.165) is 31.2 Å². The standard InChI is InChI=1S/C18H24O3/c1-4-16(19)13(2)14-7-9-15(10-8-14)17(20)21-18(3)11-5-6-12-18/h7-10,16,19H,2,4-6,11-12H2,1,3H3. The summed E-state index contributed by atoms with van der Waals surface area (Å²) in [5.74, 6) is -0.271. The first-order chi connectivity index (χ1) is 9.95. The van der Waals surface area contributed by atoms with Gasteiger partial charge >= 0.3 is 5.97 Å². The van der Waals surface area contributed by atoms with Gasteiger partial charge in [0.2, 0.25) is 0 Å². The molecule has 0 aliphatic heterocycles. The second-order valence-corrected chi connectivity index (χ2v) is 6.07. The molecule has 3 nitrogen and oxygen atoms in total. The van der Waals surface area contributed by atoms with Crippen LogP contribution in [0.4, 0.5) is 0 Å². The van der Waals surface area contributed by atoms with Gasteiger partial charge in [0.15, 0.2) is 0 Å². The quantitative estimate of drug-likeness (QED) is 0.834. The van der Waals surface area contributed by atoms with Gasteiger partial charge in [-0.15, -0.1) is 0 Å². The fourth-order valence-electron chi connectivity index (χ4n) is 2.77. The minimum absolute atomic E-state index is 0.271. The van der Waals surface area contributed by atoms with Crippen LogP contribution in [0.25, 0.3) is 5.57 Å². The average molecular weight is 288 g/mol. The Kier molecular flexibility index (Phi) is 4.84. The van der Waals surface area contributed by atoms with Crippen LogP contribution in [0.3, 0.4) is 0 Å². The SMILES string of the molecule is C=C(c1ccc(C(=O)OC2(C)CCCC2)cc1)C(O)CC. The zero-order chi connectivity index (χ0) is 15.5. The summed E-state index contributed by atoms with van der Waals surface area (Å²) in [6.45, 7) is 7.81. The molecule has 0 bridgehead atoms. The first-order valence-electron chi connectivity index (χ1n) is 7.66.